The average Bonchev–Trinajstić information content (AvgIpc) is 2.37. The number of hydrogen-bond acceptors (Lipinski definition) is 5. The van der Waals surface area contributed by atoms with Crippen LogP contribution < -0.4 is 4.72 Å². The van der Waals surface area contributed by atoms with E-state index in [1.54, 1.807) is 12.1 Å². The minimum Gasteiger partial charge on any atom is -0.263 e. The molecule has 7 nitrogen and oxygen atoms in total. The summed E-state index contributed by atoms with van der Waals surface area (Å²) in [4.78, 5) is 13.6. The van der Waals surface area contributed by atoms with Gasteiger partial charge in [-0.3, -0.25) is 14.8 Å². The van der Waals surface area contributed by atoms with Crippen molar-refractivity contribution in [1.29, 1.82) is 0 Å². The zero-order valence-electron chi connectivity index (χ0n) is 10.2. The molecule has 1 aromatic carbocycles. The first-order valence-corrected chi connectivity index (χ1v) is 8.04. The highest BCUT2D eigenvalue weighted by Gasteiger charge is 2.26. The lowest BCUT2D eigenvalue weighted by atomic mass is 10.3. The minimum atomic E-state index is -4.16. The molecule has 0 bridgehead atoms. The molecular formula is C11H7BrClN3O4S. The zero-order valence-corrected chi connectivity index (χ0v) is 13.3. The van der Waals surface area contributed by atoms with E-state index in [4.69, 9.17) is 11.6 Å². The first-order chi connectivity index (χ1) is 9.79. The summed E-state index contributed by atoms with van der Waals surface area (Å²) < 4.78 is 27.1. The molecule has 0 unspecified atom stereocenters. The van der Waals surface area contributed by atoms with Crippen LogP contribution in [0.5, 0.6) is 0 Å². The summed E-state index contributed by atoms with van der Waals surface area (Å²) in [5.41, 5.74) is -0.606. The summed E-state index contributed by atoms with van der Waals surface area (Å²) in [5, 5.41) is 11.0. The number of nitro groups is 1. The highest BCUT2D eigenvalue weighted by atomic mass is 79.9. The zero-order chi connectivity index (χ0) is 15.6. The smallest absolute Gasteiger partial charge is 0.263 e. The number of rotatable bonds is 4. The van der Waals surface area contributed by atoms with Gasteiger partial charge in [-0.1, -0.05) is 17.7 Å². The van der Waals surface area contributed by atoms with E-state index in [9.17, 15) is 18.5 Å². The maximum absolute atomic E-state index is 12.2. The molecule has 1 heterocycles. The van der Waals surface area contributed by atoms with Crippen molar-refractivity contribution in [1.82, 2.24) is 4.98 Å². The second kappa shape index (κ2) is 5.96. The summed E-state index contributed by atoms with van der Waals surface area (Å²) >= 11 is 8.76. The van der Waals surface area contributed by atoms with Gasteiger partial charge in [-0.05, 0) is 40.2 Å². The molecule has 0 atom stereocenters. The van der Waals surface area contributed by atoms with Crippen molar-refractivity contribution in [2.45, 2.75) is 4.90 Å². The molecule has 0 fully saturated rings. The fourth-order valence-electron chi connectivity index (χ4n) is 1.52. The van der Waals surface area contributed by atoms with Gasteiger partial charge in [0.05, 0.1) is 4.92 Å². The second-order valence-electron chi connectivity index (χ2n) is 3.82. The molecule has 0 saturated heterocycles. The summed E-state index contributed by atoms with van der Waals surface area (Å²) in [6, 6.07) is 7.92. The normalized spacial score (nSPS) is 11.1. The van der Waals surface area contributed by atoms with Gasteiger partial charge in [-0.25, -0.2) is 13.4 Å². The van der Waals surface area contributed by atoms with Gasteiger partial charge in [0.1, 0.15) is 10.4 Å². The van der Waals surface area contributed by atoms with Crippen molar-refractivity contribution >= 4 is 49.1 Å². The van der Waals surface area contributed by atoms with Crippen LogP contribution in [0.25, 0.3) is 0 Å². The van der Waals surface area contributed by atoms with Crippen molar-refractivity contribution in [3.05, 3.63) is 56.1 Å². The van der Waals surface area contributed by atoms with Crippen LogP contribution in [0.3, 0.4) is 0 Å². The van der Waals surface area contributed by atoms with Crippen LogP contribution >= 0.6 is 27.5 Å². The lowest BCUT2D eigenvalue weighted by Gasteiger charge is -2.08. The van der Waals surface area contributed by atoms with Gasteiger partial charge in [0.2, 0.25) is 0 Å². The summed E-state index contributed by atoms with van der Waals surface area (Å²) in [5.74, 6) is 0.0358. The molecule has 2 rings (SSSR count). The van der Waals surface area contributed by atoms with Crippen LogP contribution in [0.1, 0.15) is 0 Å². The van der Waals surface area contributed by atoms with E-state index in [0.717, 1.165) is 12.1 Å². The number of nitrogens with one attached hydrogen (secondary N) is 1. The Morgan fingerprint density at radius 3 is 2.62 bits per heavy atom. The Bertz CT molecular complexity index is 813. The Hall–Kier alpha value is -1.71. The minimum absolute atomic E-state index is 0.0358. The van der Waals surface area contributed by atoms with Gasteiger partial charge >= 0.3 is 0 Å². The third-order valence-corrected chi connectivity index (χ3v) is 4.44. The fourth-order valence-corrected chi connectivity index (χ4v) is 3.18. The topological polar surface area (TPSA) is 102 Å². The molecule has 0 aliphatic rings. The standard InChI is InChI=1S/C11H7BrClN3O4S/c12-10-2-1-3-11(14-10)15-21(19,20)9-5-4-7(13)6-8(9)16(17)18/h1-6H,(H,14,15). The van der Waals surface area contributed by atoms with Crippen LogP contribution in [-0.2, 0) is 10.0 Å². The largest absolute Gasteiger partial charge is 0.291 e. The van der Waals surface area contributed by atoms with Crippen molar-refractivity contribution in [3.63, 3.8) is 0 Å². The number of pyridine rings is 1. The molecule has 2 aromatic rings. The lowest BCUT2D eigenvalue weighted by molar-refractivity contribution is -0.387. The Balaban J connectivity index is 2.47. The third kappa shape index (κ3) is 3.69. The molecule has 10 heteroatoms. The van der Waals surface area contributed by atoms with Gasteiger partial charge in [-0.15, -0.1) is 0 Å². The van der Waals surface area contributed by atoms with Gasteiger partial charge in [0, 0.05) is 11.1 Å². The second-order valence-corrected chi connectivity index (χ2v) is 6.72. The lowest BCUT2D eigenvalue weighted by Crippen LogP contribution is -2.15. The number of halogens is 2. The summed E-state index contributed by atoms with van der Waals surface area (Å²) in [7, 11) is -4.16. The van der Waals surface area contributed by atoms with E-state index in [2.05, 4.69) is 25.6 Å². The van der Waals surface area contributed by atoms with Crippen molar-refractivity contribution in [2.75, 3.05) is 4.72 Å². The predicted octanol–water partition coefficient (Wildman–Crippen LogP) is 3.21. The first kappa shape index (κ1) is 15.7. The number of hydrogen-bond donors (Lipinski definition) is 1. The third-order valence-electron chi connectivity index (χ3n) is 2.36. The van der Waals surface area contributed by atoms with E-state index < -0.39 is 25.5 Å². The molecule has 110 valence electrons. The number of nitro benzene ring substituents is 1. The highest BCUT2D eigenvalue weighted by Crippen LogP contribution is 2.28. The Labute approximate surface area is 133 Å². The maximum atomic E-state index is 12.2. The molecular weight excluding hydrogens is 386 g/mol. The fraction of sp³-hybridized carbons (Fsp3) is 0. The van der Waals surface area contributed by atoms with Crippen LogP contribution in [0.4, 0.5) is 11.5 Å². The monoisotopic (exact) mass is 391 g/mol. The van der Waals surface area contributed by atoms with E-state index in [1.807, 2.05) is 0 Å². The van der Waals surface area contributed by atoms with Crippen LogP contribution in [-0.4, -0.2) is 18.3 Å². The van der Waals surface area contributed by atoms with E-state index >= 15 is 0 Å². The molecule has 0 amide bonds. The Morgan fingerprint density at radius 2 is 2.00 bits per heavy atom. The van der Waals surface area contributed by atoms with Crippen LogP contribution in [0.15, 0.2) is 45.9 Å². The average molecular weight is 393 g/mol. The number of nitrogens with zero attached hydrogens (tertiary/aromatic N) is 2. The maximum Gasteiger partial charge on any atom is 0.291 e. The van der Waals surface area contributed by atoms with Crippen LogP contribution in [0.2, 0.25) is 5.02 Å². The van der Waals surface area contributed by atoms with Gasteiger partial charge in [0.25, 0.3) is 15.7 Å². The summed E-state index contributed by atoms with van der Waals surface area (Å²) in [6.45, 7) is 0. The quantitative estimate of drug-likeness (QED) is 0.489. The van der Waals surface area contributed by atoms with Crippen molar-refractivity contribution in [2.24, 2.45) is 0 Å². The number of sulfonamides is 1. The summed E-state index contributed by atoms with van der Waals surface area (Å²) in [6.07, 6.45) is 0. The van der Waals surface area contributed by atoms with Crippen molar-refractivity contribution < 1.29 is 13.3 Å². The molecule has 21 heavy (non-hydrogen) atoms. The highest BCUT2D eigenvalue weighted by molar-refractivity contribution is 9.10. The van der Waals surface area contributed by atoms with Gasteiger partial charge in [0.15, 0.2) is 4.90 Å². The molecule has 0 aliphatic carbocycles. The number of benzene rings is 1. The van der Waals surface area contributed by atoms with E-state index in [-0.39, 0.29) is 10.8 Å². The molecule has 0 saturated carbocycles. The van der Waals surface area contributed by atoms with Crippen molar-refractivity contribution in [3.8, 4) is 0 Å². The predicted molar refractivity (Wildman–Crippen MR) is 80.9 cm³/mol. The van der Waals surface area contributed by atoms with Gasteiger partial charge in [-0.2, -0.15) is 0 Å². The number of aromatic nitrogens is 1. The SMILES string of the molecule is O=[N+]([O-])c1cc(Cl)ccc1S(=O)(=O)Nc1cccc(Br)n1. The van der Waals surface area contributed by atoms with E-state index in [0.29, 0.717) is 4.60 Å². The van der Waals surface area contributed by atoms with E-state index in [1.165, 1.54) is 12.1 Å². The number of anilines is 1. The first-order valence-electron chi connectivity index (χ1n) is 5.39. The molecule has 0 spiro atoms. The van der Waals surface area contributed by atoms with Gasteiger partial charge < -0.3 is 0 Å². The molecule has 0 aliphatic heterocycles. The Morgan fingerprint density at radius 1 is 1.29 bits per heavy atom. The molecule has 1 N–H and O–H groups in total. The molecule has 0 radical (unpaired) electrons. The Kier molecular flexibility index (Phi) is 4.45. The van der Waals surface area contributed by atoms with Crippen LogP contribution in [0, 0.1) is 10.1 Å². The molecule has 1 aromatic heterocycles.